The van der Waals surface area contributed by atoms with Gasteiger partial charge in [-0.3, -0.25) is 9.69 Å². The van der Waals surface area contributed by atoms with E-state index >= 15 is 0 Å². The molecule has 4 nitrogen and oxygen atoms in total. The number of nitrogens with one attached hydrogen (secondary N) is 1. The Bertz CT molecular complexity index is 756. The largest absolute Gasteiger partial charge is 0.350 e. The minimum atomic E-state index is -0.0331. The van der Waals surface area contributed by atoms with Crippen LogP contribution in [0.3, 0.4) is 0 Å². The quantitative estimate of drug-likeness (QED) is 0.875. The Morgan fingerprint density at radius 1 is 1.08 bits per heavy atom. The van der Waals surface area contributed by atoms with Gasteiger partial charge in [-0.25, -0.2) is 0 Å². The molecule has 0 spiro atoms. The molecule has 0 saturated carbocycles. The van der Waals surface area contributed by atoms with Crippen LogP contribution in [0.1, 0.15) is 27.5 Å². The van der Waals surface area contributed by atoms with Crippen LogP contribution >= 0.6 is 11.6 Å². The highest BCUT2D eigenvalue weighted by molar-refractivity contribution is 6.31. The first-order chi connectivity index (χ1) is 12.6. The number of carbonyl (C=O) groups excluding carboxylic acids is 1. The monoisotopic (exact) mass is 371 g/mol. The summed E-state index contributed by atoms with van der Waals surface area (Å²) in [6.45, 7) is 6.47. The minimum absolute atomic E-state index is 0.0331. The first-order valence-electron chi connectivity index (χ1n) is 9.07. The molecule has 1 fully saturated rings. The molecule has 1 unspecified atom stereocenters. The van der Waals surface area contributed by atoms with Crippen LogP contribution in [0.2, 0.25) is 5.02 Å². The summed E-state index contributed by atoms with van der Waals surface area (Å²) in [4.78, 5) is 17.4. The molecule has 0 aliphatic carbocycles. The summed E-state index contributed by atoms with van der Waals surface area (Å²) in [6, 6.07) is 15.7. The molecule has 2 aromatic carbocycles. The van der Waals surface area contributed by atoms with Gasteiger partial charge < -0.3 is 10.2 Å². The first-order valence-corrected chi connectivity index (χ1v) is 9.45. The maximum atomic E-state index is 12.7. The van der Waals surface area contributed by atoms with Crippen molar-refractivity contribution in [3.8, 4) is 0 Å². The molecule has 1 saturated heterocycles. The van der Waals surface area contributed by atoms with Crippen LogP contribution in [-0.4, -0.2) is 55.5 Å². The van der Waals surface area contributed by atoms with Crippen LogP contribution in [0, 0.1) is 6.92 Å². The number of hydrogen-bond donors (Lipinski definition) is 1. The molecule has 1 amide bonds. The summed E-state index contributed by atoms with van der Waals surface area (Å²) >= 11 is 6.47. The van der Waals surface area contributed by atoms with Gasteiger partial charge in [0.15, 0.2) is 0 Å². The van der Waals surface area contributed by atoms with Gasteiger partial charge in [0.25, 0.3) is 5.91 Å². The predicted octanol–water partition coefficient (Wildman–Crippen LogP) is 3.37. The van der Waals surface area contributed by atoms with E-state index in [0.29, 0.717) is 6.54 Å². The summed E-state index contributed by atoms with van der Waals surface area (Å²) in [6.07, 6.45) is 0. The SMILES string of the molecule is Cc1ccccc1C(=O)NCC(c1ccccc1Cl)N1CCN(C)CC1. The number of amides is 1. The van der Waals surface area contributed by atoms with Gasteiger partial charge in [-0.15, -0.1) is 0 Å². The molecule has 1 N–H and O–H groups in total. The van der Waals surface area contributed by atoms with E-state index in [0.717, 1.165) is 47.9 Å². The van der Waals surface area contributed by atoms with E-state index in [1.165, 1.54) is 0 Å². The lowest BCUT2D eigenvalue weighted by molar-refractivity contribution is 0.0886. The predicted molar refractivity (Wildman–Crippen MR) is 107 cm³/mol. The third-order valence-corrected chi connectivity index (χ3v) is 5.43. The standard InChI is InChI=1S/C21H26ClN3O/c1-16-7-3-4-8-17(16)21(26)23-15-20(18-9-5-6-10-19(18)22)25-13-11-24(2)12-14-25/h3-10,20H,11-15H2,1-2H3,(H,23,26). The smallest absolute Gasteiger partial charge is 0.251 e. The fourth-order valence-electron chi connectivity index (χ4n) is 3.43. The van der Waals surface area contributed by atoms with Crippen molar-refractivity contribution in [2.24, 2.45) is 0 Å². The first kappa shape index (κ1) is 18.9. The van der Waals surface area contributed by atoms with Crippen LogP contribution in [0.4, 0.5) is 0 Å². The van der Waals surface area contributed by atoms with Crippen molar-refractivity contribution in [3.05, 3.63) is 70.2 Å². The van der Waals surface area contributed by atoms with Gasteiger partial charge in [0.2, 0.25) is 0 Å². The van der Waals surface area contributed by atoms with Crippen molar-refractivity contribution in [3.63, 3.8) is 0 Å². The number of carbonyl (C=O) groups is 1. The number of rotatable bonds is 5. The van der Waals surface area contributed by atoms with Crippen molar-refractivity contribution in [2.75, 3.05) is 39.8 Å². The van der Waals surface area contributed by atoms with Crippen LogP contribution in [-0.2, 0) is 0 Å². The summed E-state index contributed by atoms with van der Waals surface area (Å²) < 4.78 is 0. The average molecular weight is 372 g/mol. The van der Waals surface area contributed by atoms with Crippen molar-refractivity contribution in [1.29, 1.82) is 0 Å². The molecule has 3 rings (SSSR count). The van der Waals surface area contributed by atoms with E-state index in [2.05, 4.69) is 28.2 Å². The lowest BCUT2D eigenvalue weighted by atomic mass is 10.0. The summed E-state index contributed by atoms with van der Waals surface area (Å²) in [5.74, 6) is -0.0331. The molecule has 0 radical (unpaired) electrons. The second-order valence-electron chi connectivity index (χ2n) is 6.90. The molecule has 1 heterocycles. The highest BCUT2D eigenvalue weighted by Crippen LogP contribution is 2.28. The van der Waals surface area contributed by atoms with Crippen molar-refractivity contribution in [1.82, 2.24) is 15.1 Å². The Labute approximate surface area is 160 Å². The zero-order valence-corrected chi connectivity index (χ0v) is 16.2. The molecule has 1 aliphatic heterocycles. The van der Waals surface area contributed by atoms with Crippen LogP contribution in [0.5, 0.6) is 0 Å². The molecule has 138 valence electrons. The normalized spacial score (nSPS) is 17.0. The molecular formula is C21H26ClN3O. The van der Waals surface area contributed by atoms with Crippen molar-refractivity contribution >= 4 is 17.5 Å². The third-order valence-electron chi connectivity index (χ3n) is 5.09. The van der Waals surface area contributed by atoms with Crippen LogP contribution in [0.25, 0.3) is 0 Å². The summed E-state index contributed by atoms with van der Waals surface area (Å²) in [5.41, 5.74) is 2.78. The van der Waals surface area contributed by atoms with Crippen LogP contribution in [0.15, 0.2) is 48.5 Å². The highest BCUT2D eigenvalue weighted by Gasteiger charge is 2.26. The van der Waals surface area contributed by atoms with Gasteiger partial charge in [0.1, 0.15) is 0 Å². The lowest BCUT2D eigenvalue weighted by Crippen LogP contribution is -2.48. The van der Waals surface area contributed by atoms with Gasteiger partial charge in [-0.1, -0.05) is 48.0 Å². The van der Waals surface area contributed by atoms with E-state index in [4.69, 9.17) is 11.6 Å². The molecule has 1 aliphatic rings. The topological polar surface area (TPSA) is 35.6 Å². The zero-order valence-electron chi connectivity index (χ0n) is 15.4. The van der Waals surface area contributed by atoms with Gasteiger partial charge in [-0.2, -0.15) is 0 Å². The number of likely N-dealkylation sites (N-methyl/N-ethyl adjacent to an activating group) is 1. The third kappa shape index (κ3) is 4.44. The Kier molecular flexibility index (Phi) is 6.30. The fraction of sp³-hybridized carbons (Fsp3) is 0.381. The van der Waals surface area contributed by atoms with Crippen molar-refractivity contribution < 1.29 is 4.79 Å². The molecule has 0 aromatic heterocycles. The zero-order chi connectivity index (χ0) is 18.5. The van der Waals surface area contributed by atoms with E-state index < -0.39 is 0 Å². The Morgan fingerprint density at radius 2 is 1.73 bits per heavy atom. The Hall–Kier alpha value is -1.88. The van der Waals surface area contributed by atoms with E-state index in [9.17, 15) is 4.79 Å². The fourth-order valence-corrected chi connectivity index (χ4v) is 3.69. The number of piperazine rings is 1. The van der Waals surface area contributed by atoms with Crippen molar-refractivity contribution in [2.45, 2.75) is 13.0 Å². The number of aryl methyl sites for hydroxylation is 1. The van der Waals surface area contributed by atoms with E-state index in [1.54, 1.807) is 0 Å². The second kappa shape index (κ2) is 8.67. The Morgan fingerprint density at radius 3 is 2.42 bits per heavy atom. The second-order valence-corrected chi connectivity index (χ2v) is 7.31. The van der Waals surface area contributed by atoms with Gasteiger partial charge >= 0.3 is 0 Å². The van der Waals surface area contributed by atoms with E-state index in [-0.39, 0.29) is 11.9 Å². The van der Waals surface area contributed by atoms with Gasteiger partial charge in [0.05, 0.1) is 6.04 Å². The molecular weight excluding hydrogens is 346 g/mol. The number of benzene rings is 2. The Balaban J connectivity index is 1.77. The minimum Gasteiger partial charge on any atom is -0.350 e. The molecule has 1 atom stereocenters. The van der Waals surface area contributed by atoms with Gasteiger partial charge in [0, 0.05) is 43.3 Å². The van der Waals surface area contributed by atoms with E-state index in [1.807, 2.05) is 49.4 Å². The molecule has 26 heavy (non-hydrogen) atoms. The number of hydrogen-bond acceptors (Lipinski definition) is 3. The molecule has 5 heteroatoms. The number of nitrogens with zero attached hydrogens (tertiary/aromatic N) is 2. The van der Waals surface area contributed by atoms with Gasteiger partial charge in [-0.05, 0) is 37.2 Å². The van der Waals surface area contributed by atoms with Crippen LogP contribution < -0.4 is 5.32 Å². The maximum Gasteiger partial charge on any atom is 0.251 e. The number of halogens is 1. The molecule has 2 aromatic rings. The summed E-state index contributed by atoms with van der Waals surface area (Å²) in [5, 5.41) is 3.87. The molecule has 0 bridgehead atoms. The maximum absolute atomic E-state index is 12.7. The highest BCUT2D eigenvalue weighted by atomic mass is 35.5. The lowest BCUT2D eigenvalue weighted by Gasteiger charge is -2.38. The average Bonchev–Trinajstić information content (AvgIpc) is 2.65. The summed E-state index contributed by atoms with van der Waals surface area (Å²) in [7, 11) is 2.14.